The first-order valence-corrected chi connectivity index (χ1v) is 6.25. The fourth-order valence-electron chi connectivity index (χ4n) is 2.18. The Morgan fingerprint density at radius 3 is 2.71 bits per heavy atom. The Kier molecular flexibility index (Phi) is 4.23. The molecule has 1 aliphatic heterocycles. The smallest absolute Gasteiger partial charge is 0.110 e. The van der Waals surface area contributed by atoms with Crippen molar-refractivity contribution >= 4 is 17.1 Å². The second kappa shape index (κ2) is 5.69. The average Bonchev–Trinajstić information content (AvgIpc) is 2.76. The monoisotopic (exact) mass is 251 g/mol. The zero-order valence-corrected chi connectivity index (χ0v) is 10.4. The third-order valence-electron chi connectivity index (χ3n) is 3.19. The van der Waals surface area contributed by atoms with Crippen LogP contribution in [-0.4, -0.2) is 34.0 Å². The molecule has 1 saturated heterocycles. The first-order chi connectivity index (χ1) is 8.18. The van der Waals surface area contributed by atoms with E-state index in [4.69, 9.17) is 12.2 Å². The summed E-state index contributed by atoms with van der Waals surface area (Å²) in [6.45, 7) is 0.733. The predicted octanol–water partition coefficient (Wildman–Crippen LogP) is 0.888. The summed E-state index contributed by atoms with van der Waals surface area (Å²) in [4.78, 5) is 0.601. The number of hydrogen-bond donors (Lipinski definition) is 3. The van der Waals surface area contributed by atoms with E-state index in [1.165, 1.54) is 0 Å². The third-order valence-corrected chi connectivity index (χ3v) is 3.58. The van der Waals surface area contributed by atoms with E-state index in [9.17, 15) is 10.2 Å². The van der Waals surface area contributed by atoms with Crippen LogP contribution < -0.4 is 5.32 Å². The van der Waals surface area contributed by atoms with E-state index in [0.717, 1.165) is 18.5 Å². The molecule has 0 spiro atoms. The summed E-state index contributed by atoms with van der Waals surface area (Å²) in [6, 6.07) is 9.84. The maximum atomic E-state index is 10.1. The van der Waals surface area contributed by atoms with Crippen molar-refractivity contribution in [1.82, 2.24) is 5.32 Å². The van der Waals surface area contributed by atoms with Crippen molar-refractivity contribution < 1.29 is 10.2 Å². The first kappa shape index (κ1) is 12.6. The summed E-state index contributed by atoms with van der Waals surface area (Å²) < 4.78 is 0. The zero-order chi connectivity index (χ0) is 12.3. The standard InChI is InChI=1S/C13H17NO2S/c15-12(10-6-7-14-13(10)16)11(17)8-9-4-2-1-3-5-9/h1-5,10,12-16H,6-8H2. The Morgan fingerprint density at radius 2 is 2.12 bits per heavy atom. The van der Waals surface area contributed by atoms with Crippen LogP contribution in [0.5, 0.6) is 0 Å². The van der Waals surface area contributed by atoms with Gasteiger partial charge in [-0.2, -0.15) is 0 Å². The second-order valence-corrected chi connectivity index (χ2v) is 4.95. The van der Waals surface area contributed by atoms with E-state index >= 15 is 0 Å². The van der Waals surface area contributed by atoms with Gasteiger partial charge in [-0.3, -0.25) is 5.32 Å². The van der Waals surface area contributed by atoms with Gasteiger partial charge in [0.2, 0.25) is 0 Å². The molecule has 1 aliphatic rings. The third kappa shape index (κ3) is 3.10. The molecule has 0 amide bonds. The molecule has 17 heavy (non-hydrogen) atoms. The lowest BCUT2D eigenvalue weighted by Crippen LogP contribution is -2.37. The Bertz CT molecular complexity index is 382. The van der Waals surface area contributed by atoms with Crippen LogP contribution in [0.3, 0.4) is 0 Å². The van der Waals surface area contributed by atoms with Gasteiger partial charge in [0.05, 0.1) is 6.10 Å². The van der Waals surface area contributed by atoms with Crippen molar-refractivity contribution in [2.75, 3.05) is 6.54 Å². The summed E-state index contributed by atoms with van der Waals surface area (Å²) in [6.07, 6.45) is -0.00778. The van der Waals surface area contributed by atoms with E-state index in [2.05, 4.69) is 5.32 Å². The molecule has 0 aliphatic carbocycles. The normalized spacial score (nSPS) is 25.8. The van der Waals surface area contributed by atoms with Crippen LogP contribution in [0.15, 0.2) is 30.3 Å². The predicted molar refractivity (Wildman–Crippen MR) is 70.9 cm³/mol. The highest BCUT2D eigenvalue weighted by Gasteiger charge is 2.33. The van der Waals surface area contributed by atoms with Crippen molar-refractivity contribution in [2.24, 2.45) is 5.92 Å². The number of benzene rings is 1. The highest BCUT2D eigenvalue weighted by Crippen LogP contribution is 2.20. The molecule has 3 atom stereocenters. The van der Waals surface area contributed by atoms with Crippen molar-refractivity contribution in [3.05, 3.63) is 35.9 Å². The summed E-state index contributed by atoms with van der Waals surface area (Å²) in [5.41, 5.74) is 1.09. The lowest BCUT2D eigenvalue weighted by molar-refractivity contribution is 0.0538. The Balaban J connectivity index is 1.96. The lowest BCUT2D eigenvalue weighted by atomic mass is 9.94. The molecule has 0 aromatic heterocycles. The minimum atomic E-state index is -0.713. The van der Waals surface area contributed by atoms with Crippen molar-refractivity contribution in [2.45, 2.75) is 25.2 Å². The number of aliphatic hydroxyl groups excluding tert-OH is 2. The van der Waals surface area contributed by atoms with Crippen molar-refractivity contribution in [3.8, 4) is 0 Å². The average molecular weight is 251 g/mol. The molecule has 1 heterocycles. The van der Waals surface area contributed by atoms with Gasteiger partial charge in [-0.1, -0.05) is 42.5 Å². The Labute approximate surface area is 106 Å². The number of rotatable bonds is 4. The molecule has 1 fully saturated rings. The van der Waals surface area contributed by atoms with Gasteiger partial charge in [0.1, 0.15) is 6.23 Å². The summed E-state index contributed by atoms with van der Waals surface area (Å²) in [7, 11) is 0. The fourth-order valence-corrected chi connectivity index (χ4v) is 2.52. The van der Waals surface area contributed by atoms with Crippen LogP contribution in [0.2, 0.25) is 0 Å². The number of aliphatic hydroxyl groups is 2. The van der Waals surface area contributed by atoms with Gasteiger partial charge in [0.15, 0.2) is 0 Å². The van der Waals surface area contributed by atoms with Gasteiger partial charge in [-0.05, 0) is 18.5 Å². The zero-order valence-electron chi connectivity index (χ0n) is 9.54. The summed E-state index contributed by atoms with van der Waals surface area (Å²) >= 11 is 5.26. The van der Waals surface area contributed by atoms with Crippen LogP contribution >= 0.6 is 12.2 Å². The molecular formula is C13H17NO2S. The molecule has 1 aromatic rings. The molecule has 3 unspecified atom stereocenters. The van der Waals surface area contributed by atoms with Gasteiger partial charge in [-0.15, -0.1) is 0 Å². The highest BCUT2D eigenvalue weighted by molar-refractivity contribution is 7.80. The molecule has 3 N–H and O–H groups in total. The molecule has 0 bridgehead atoms. The van der Waals surface area contributed by atoms with Crippen LogP contribution in [0.4, 0.5) is 0 Å². The van der Waals surface area contributed by atoms with Crippen LogP contribution in [0.25, 0.3) is 0 Å². The number of thiocarbonyl (C=S) groups is 1. The van der Waals surface area contributed by atoms with E-state index in [1.54, 1.807) is 0 Å². The molecule has 0 saturated carbocycles. The molecular weight excluding hydrogens is 234 g/mol. The minimum Gasteiger partial charge on any atom is -0.387 e. The van der Waals surface area contributed by atoms with Crippen molar-refractivity contribution in [1.29, 1.82) is 0 Å². The molecule has 3 nitrogen and oxygen atoms in total. The molecule has 4 heteroatoms. The van der Waals surface area contributed by atoms with Crippen LogP contribution in [0.1, 0.15) is 12.0 Å². The fraction of sp³-hybridized carbons (Fsp3) is 0.462. The largest absolute Gasteiger partial charge is 0.387 e. The van der Waals surface area contributed by atoms with E-state index in [1.807, 2.05) is 30.3 Å². The van der Waals surface area contributed by atoms with Crippen molar-refractivity contribution in [3.63, 3.8) is 0 Å². The maximum absolute atomic E-state index is 10.1. The molecule has 1 aromatic carbocycles. The van der Waals surface area contributed by atoms with Crippen LogP contribution in [0, 0.1) is 5.92 Å². The Morgan fingerprint density at radius 1 is 1.41 bits per heavy atom. The van der Waals surface area contributed by atoms with E-state index in [0.29, 0.717) is 11.3 Å². The van der Waals surface area contributed by atoms with E-state index in [-0.39, 0.29) is 5.92 Å². The molecule has 2 rings (SSSR count). The van der Waals surface area contributed by atoms with Gasteiger partial charge in [0.25, 0.3) is 0 Å². The Hall–Kier alpha value is -0.810. The highest BCUT2D eigenvalue weighted by atomic mass is 32.1. The second-order valence-electron chi connectivity index (χ2n) is 4.43. The maximum Gasteiger partial charge on any atom is 0.110 e. The molecule has 0 radical (unpaired) electrons. The minimum absolute atomic E-state index is 0.175. The van der Waals surface area contributed by atoms with Gasteiger partial charge < -0.3 is 10.2 Å². The first-order valence-electron chi connectivity index (χ1n) is 5.84. The number of nitrogens with one attached hydrogen (secondary N) is 1. The quantitative estimate of drug-likeness (QED) is 0.696. The number of hydrogen-bond acceptors (Lipinski definition) is 4. The van der Waals surface area contributed by atoms with Gasteiger partial charge in [-0.25, -0.2) is 0 Å². The lowest BCUT2D eigenvalue weighted by Gasteiger charge is -2.21. The summed E-state index contributed by atoms with van der Waals surface area (Å²) in [5.74, 6) is -0.175. The van der Waals surface area contributed by atoms with E-state index < -0.39 is 12.3 Å². The molecule has 92 valence electrons. The SMILES string of the molecule is OC1NCCC1C(O)C(=S)Cc1ccccc1. The topological polar surface area (TPSA) is 52.5 Å². The van der Waals surface area contributed by atoms with Crippen LogP contribution in [-0.2, 0) is 6.42 Å². The summed E-state index contributed by atoms with van der Waals surface area (Å²) in [5, 5.41) is 22.7. The van der Waals surface area contributed by atoms with Gasteiger partial charge >= 0.3 is 0 Å². The van der Waals surface area contributed by atoms with Gasteiger partial charge in [0, 0.05) is 17.2 Å².